The first kappa shape index (κ1) is 34.4. The first-order valence-electron chi connectivity index (χ1n) is 15.2. The zero-order valence-electron chi connectivity index (χ0n) is 26.2. The second-order valence-electron chi connectivity index (χ2n) is 12.0. The van der Waals surface area contributed by atoms with Crippen LogP contribution in [0.1, 0.15) is 103 Å². The molecule has 228 valence electrons. The molecule has 0 aliphatic heterocycles. The highest BCUT2D eigenvalue weighted by Crippen LogP contribution is 2.27. The third kappa shape index (κ3) is 11.2. The van der Waals surface area contributed by atoms with Gasteiger partial charge in [-0.25, -0.2) is 4.79 Å². The molecular weight excluding hydrogens is 526 g/mol. The van der Waals surface area contributed by atoms with Gasteiger partial charge in [0.15, 0.2) is 0 Å². The van der Waals surface area contributed by atoms with Gasteiger partial charge in [-0.2, -0.15) is 0 Å². The highest BCUT2D eigenvalue weighted by Gasteiger charge is 2.38. The number of benzene rings is 2. The predicted octanol–water partition coefficient (Wildman–Crippen LogP) is 6.76. The standard InChI is InChI=1S/C35H49N3O4/c1-8-10-11-12-13-19-24-38(33(40)30(26(3)4)37-34(41)42-35(5,6)7)31(29-23-18-17-22-28(29)9-2)32(39)36-25-27-20-15-14-16-21-27/h2,14-18,20-23,26,30-31H,8,10-13,19,24-25H2,1,3-7H3,(H,36,39)(H,37,41). The van der Waals surface area contributed by atoms with E-state index in [1.165, 1.54) is 0 Å². The van der Waals surface area contributed by atoms with Crippen molar-refractivity contribution in [3.63, 3.8) is 0 Å². The van der Waals surface area contributed by atoms with Crippen LogP contribution in [0, 0.1) is 18.3 Å². The van der Waals surface area contributed by atoms with Crippen LogP contribution in [0.4, 0.5) is 4.79 Å². The number of carbonyl (C=O) groups excluding carboxylic acids is 3. The van der Waals surface area contributed by atoms with Gasteiger partial charge in [0.1, 0.15) is 17.7 Å². The Morgan fingerprint density at radius 3 is 2.17 bits per heavy atom. The van der Waals surface area contributed by atoms with E-state index in [9.17, 15) is 14.4 Å². The van der Waals surface area contributed by atoms with E-state index in [4.69, 9.17) is 11.2 Å². The number of hydrogen-bond acceptors (Lipinski definition) is 4. The number of terminal acetylenes is 1. The van der Waals surface area contributed by atoms with Crippen molar-refractivity contribution in [1.82, 2.24) is 15.5 Å². The van der Waals surface area contributed by atoms with Gasteiger partial charge in [-0.15, -0.1) is 6.42 Å². The lowest BCUT2D eigenvalue weighted by atomic mass is 9.95. The fraction of sp³-hybridized carbons (Fsp3) is 0.514. The van der Waals surface area contributed by atoms with Crippen LogP contribution in [0.2, 0.25) is 0 Å². The predicted molar refractivity (Wildman–Crippen MR) is 168 cm³/mol. The minimum atomic E-state index is -0.981. The molecule has 2 rings (SSSR count). The number of nitrogens with zero attached hydrogens (tertiary/aromatic N) is 1. The summed E-state index contributed by atoms with van der Waals surface area (Å²) in [5.41, 5.74) is 1.33. The van der Waals surface area contributed by atoms with Crippen LogP contribution in [0.3, 0.4) is 0 Å². The summed E-state index contributed by atoms with van der Waals surface area (Å²) in [6.07, 6.45) is 11.3. The molecule has 2 N–H and O–H groups in total. The molecule has 2 aromatic rings. The van der Waals surface area contributed by atoms with Crippen LogP contribution in [0.15, 0.2) is 54.6 Å². The van der Waals surface area contributed by atoms with Crippen molar-refractivity contribution >= 4 is 17.9 Å². The van der Waals surface area contributed by atoms with E-state index in [-0.39, 0.29) is 17.7 Å². The Kier molecular flexibility index (Phi) is 14.1. The summed E-state index contributed by atoms with van der Waals surface area (Å²) in [7, 11) is 0. The van der Waals surface area contributed by atoms with Gasteiger partial charge in [0.2, 0.25) is 11.8 Å². The summed E-state index contributed by atoms with van der Waals surface area (Å²) in [6, 6.07) is 14.9. The number of ether oxygens (including phenoxy) is 1. The molecule has 0 aromatic heterocycles. The molecule has 2 unspecified atom stereocenters. The maximum Gasteiger partial charge on any atom is 0.408 e. The van der Waals surface area contributed by atoms with E-state index in [1.807, 2.05) is 56.3 Å². The molecule has 0 bridgehead atoms. The molecule has 0 spiro atoms. The number of rotatable bonds is 15. The fourth-order valence-corrected chi connectivity index (χ4v) is 4.76. The van der Waals surface area contributed by atoms with Crippen LogP contribution in [0.25, 0.3) is 0 Å². The molecular formula is C35H49N3O4. The molecule has 0 radical (unpaired) electrons. The summed E-state index contributed by atoms with van der Waals surface area (Å²) in [5, 5.41) is 5.81. The Hall–Kier alpha value is -3.79. The van der Waals surface area contributed by atoms with Crippen LogP contribution in [-0.2, 0) is 20.9 Å². The van der Waals surface area contributed by atoms with Gasteiger partial charge in [-0.1, -0.05) is 107 Å². The van der Waals surface area contributed by atoms with E-state index in [0.717, 1.165) is 37.7 Å². The van der Waals surface area contributed by atoms with Crippen LogP contribution < -0.4 is 10.6 Å². The number of unbranched alkanes of at least 4 members (excludes halogenated alkanes) is 5. The molecule has 2 atom stereocenters. The SMILES string of the molecule is C#Cc1ccccc1C(C(=O)NCc1ccccc1)N(CCCCCCCC)C(=O)C(NC(=O)OC(C)(C)C)C(C)C. The van der Waals surface area contributed by atoms with E-state index < -0.39 is 23.8 Å². The van der Waals surface area contributed by atoms with E-state index in [0.29, 0.717) is 30.6 Å². The number of hydrogen-bond donors (Lipinski definition) is 2. The molecule has 42 heavy (non-hydrogen) atoms. The molecule has 0 fully saturated rings. The molecule has 0 heterocycles. The highest BCUT2D eigenvalue weighted by molar-refractivity contribution is 5.92. The van der Waals surface area contributed by atoms with E-state index in [2.05, 4.69) is 23.5 Å². The second-order valence-corrected chi connectivity index (χ2v) is 12.0. The van der Waals surface area contributed by atoms with Gasteiger partial charge in [0.05, 0.1) is 0 Å². The van der Waals surface area contributed by atoms with E-state index >= 15 is 0 Å². The maximum atomic E-state index is 14.4. The summed E-state index contributed by atoms with van der Waals surface area (Å²) in [5.74, 6) is 1.75. The number of amides is 3. The lowest BCUT2D eigenvalue weighted by Crippen LogP contribution is -2.55. The zero-order chi connectivity index (χ0) is 31.1. The Morgan fingerprint density at radius 2 is 1.55 bits per heavy atom. The molecule has 0 aliphatic rings. The molecule has 2 aromatic carbocycles. The minimum absolute atomic E-state index is 0.257. The van der Waals surface area contributed by atoms with Crippen molar-refractivity contribution in [2.45, 2.75) is 104 Å². The van der Waals surface area contributed by atoms with Crippen LogP contribution in [-0.4, -0.2) is 41.0 Å². The Balaban J connectivity index is 2.49. The molecule has 7 heteroatoms. The van der Waals surface area contributed by atoms with Crippen molar-refractivity contribution in [1.29, 1.82) is 0 Å². The molecule has 0 saturated carbocycles. The normalized spacial score (nSPS) is 12.6. The third-order valence-electron chi connectivity index (χ3n) is 6.92. The number of nitrogens with one attached hydrogen (secondary N) is 2. The Labute approximate surface area is 252 Å². The van der Waals surface area contributed by atoms with Crippen molar-refractivity contribution in [2.75, 3.05) is 6.54 Å². The molecule has 3 amide bonds. The summed E-state index contributed by atoms with van der Waals surface area (Å²) >= 11 is 0. The van der Waals surface area contributed by atoms with Crippen molar-refractivity contribution in [2.24, 2.45) is 5.92 Å². The van der Waals surface area contributed by atoms with E-state index in [1.54, 1.807) is 37.8 Å². The monoisotopic (exact) mass is 575 g/mol. The summed E-state index contributed by atoms with van der Waals surface area (Å²) < 4.78 is 5.47. The quantitative estimate of drug-likeness (QED) is 0.181. The smallest absolute Gasteiger partial charge is 0.408 e. The van der Waals surface area contributed by atoms with Gasteiger partial charge in [-0.05, 0) is 50.3 Å². The van der Waals surface area contributed by atoms with Gasteiger partial charge in [-0.3, -0.25) is 9.59 Å². The topological polar surface area (TPSA) is 87.7 Å². The summed E-state index contributed by atoms with van der Waals surface area (Å²) in [6.45, 7) is 11.9. The Morgan fingerprint density at radius 1 is 0.929 bits per heavy atom. The Bertz CT molecular complexity index is 1180. The van der Waals surface area contributed by atoms with Crippen LogP contribution >= 0.6 is 0 Å². The van der Waals surface area contributed by atoms with Crippen LogP contribution in [0.5, 0.6) is 0 Å². The largest absolute Gasteiger partial charge is 0.444 e. The van der Waals surface area contributed by atoms with Gasteiger partial charge < -0.3 is 20.3 Å². The average Bonchev–Trinajstić information content (AvgIpc) is 2.95. The lowest BCUT2D eigenvalue weighted by molar-refractivity contribution is -0.143. The molecule has 0 saturated heterocycles. The van der Waals surface area contributed by atoms with Gasteiger partial charge in [0.25, 0.3) is 0 Å². The molecule has 7 nitrogen and oxygen atoms in total. The zero-order valence-corrected chi connectivity index (χ0v) is 26.2. The van der Waals surface area contributed by atoms with Crippen molar-refractivity contribution in [3.05, 3.63) is 71.3 Å². The highest BCUT2D eigenvalue weighted by atomic mass is 16.6. The third-order valence-corrected chi connectivity index (χ3v) is 6.92. The average molecular weight is 576 g/mol. The number of alkyl carbamates (subject to hydrolysis) is 1. The second kappa shape index (κ2) is 17.2. The van der Waals surface area contributed by atoms with Crippen molar-refractivity contribution < 1.29 is 19.1 Å². The minimum Gasteiger partial charge on any atom is -0.444 e. The first-order chi connectivity index (χ1) is 20.0. The fourth-order valence-electron chi connectivity index (χ4n) is 4.76. The van der Waals surface area contributed by atoms with Gasteiger partial charge >= 0.3 is 6.09 Å². The number of carbonyl (C=O) groups is 3. The maximum absolute atomic E-state index is 14.4. The molecule has 0 aliphatic carbocycles. The van der Waals surface area contributed by atoms with Crippen molar-refractivity contribution in [3.8, 4) is 12.3 Å². The van der Waals surface area contributed by atoms with Gasteiger partial charge in [0, 0.05) is 18.7 Å². The lowest BCUT2D eigenvalue weighted by Gasteiger charge is -2.36. The first-order valence-corrected chi connectivity index (χ1v) is 15.2. The summed E-state index contributed by atoms with van der Waals surface area (Å²) in [4.78, 5) is 42.8.